The fourth-order valence-corrected chi connectivity index (χ4v) is 3.94. The van der Waals surface area contributed by atoms with Gasteiger partial charge in [-0.2, -0.15) is 4.31 Å². The summed E-state index contributed by atoms with van der Waals surface area (Å²) in [5.74, 6) is -0.108. The second-order valence-corrected chi connectivity index (χ2v) is 8.42. The number of amides is 1. The third-order valence-corrected chi connectivity index (χ3v) is 5.98. The van der Waals surface area contributed by atoms with E-state index in [1.807, 2.05) is 26.0 Å². The summed E-state index contributed by atoms with van der Waals surface area (Å²) in [5.41, 5.74) is 7.12. The molecule has 2 rings (SSSR count). The molecule has 1 amide bonds. The monoisotopic (exact) mass is 405 g/mol. The van der Waals surface area contributed by atoms with Crippen LogP contribution < -0.4 is 5.73 Å². The maximum Gasteiger partial charge on any atom is 0.253 e. The maximum absolute atomic E-state index is 12.5. The maximum atomic E-state index is 12.5. The van der Waals surface area contributed by atoms with Crippen LogP contribution in [0.25, 0.3) is 0 Å². The SMILES string of the molecule is CC(C)OCCS(=O)(=O)N1CCN(C(=O)c2ccc(CN)cc2)CC1.Cl. The van der Waals surface area contributed by atoms with Crippen LogP contribution in [0.4, 0.5) is 0 Å². The molecule has 0 spiro atoms. The van der Waals surface area contributed by atoms with Crippen molar-refractivity contribution in [3.8, 4) is 0 Å². The zero-order chi connectivity index (χ0) is 18.4. The van der Waals surface area contributed by atoms with Crippen LogP contribution in [0, 0.1) is 0 Å². The van der Waals surface area contributed by atoms with Crippen molar-refractivity contribution in [2.45, 2.75) is 26.5 Å². The molecule has 0 bridgehead atoms. The highest BCUT2D eigenvalue weighted by Crippen LogP contribution is 2.13. The molecule has 2 N–H and O–H groups in total. The molecule has 1 saturated heterocycles. The summed E-state index contributed by atoms with van der Waals surface area (Å²) in [6.45, 7) is 5.78. The van der Waals surface area contributed by atoms with Crippen molar-refractivity contribution in [1.29, 1.82) is 0 Å². The van der Waals surface area contributed by atoms with E-state index in [4.69, 9.17) is 10.5 Å². The zero-order valence-corrected chi connectivity index (χ0v) is 16.9. The molecule has 0 unspecified atom stereocenters. The lowest BCUT2D eigenvalue weighted by molar-refractivity contribution is 0.0693. The summed E-state index contributed by atoms with van der Waals surface area (Å²) >= 11 is 0. The Kier molecular flexibility index (Phi) is 8.99. The second kappa shape index (κ2) is 10.2. The lowest BCUT2D eigenvalue weighted by Gasteiger charge is -2.34. The minimum Gasteiger partial charge on any atom is -0.378 e. The van der Waals surface area contributed by atoms with Crippen molar-refractivity contribution in [2.24, 2.45) is 5.73 Å². The number of halogens is 1. The molecule has 0 aliphatic carbocycles. The Morgan fingerprint density at radius 2 is 1.73 bits per heavy atom. The molecule has 7 nitrogen and oxygen atoms in total. The number of carbonyl (C=O) groups excluding carboxylic acids is 1. The predicted molar refractivity (Wildman–Crippen MR) is 104 cm³/mol. The van der Waals surface area contributed by atoms with E-state index >= 15 is 0 Å². The molecular weight excluding hydrogens is 378 g/mol. The summed E-state index contributed by atoms with van der Waals surface area (Å²) in [4.78, 5) is 14.2. The normalized spacial score (nSPS) is 15.8. The van der Waals surface area contributed by atoms with Crippen molar-refractivity contribution >= 4 is 28.3 Å². The van der Waals surface area contributed by atoms with Gasteiger partial charge in [-0.25, -0.2) is 8.42 Å². The molecular formula is C17H28ClN3O4S. The highest BCUT2D eigenvalue weighted by molar-refractivity contribution is 7.89. The van der Waals surface area contributed by atoms with Crippen LogP contribution in [-0.4, -0.2) is 68.2 Å². The average Bonchev–Trinajstić information content (AvgIpc) is 2.61. The number of hydrogen-bond acceptors (Lipinski definition) is 5. The van der Waals surface area contributed by atoms with E-state index in [0.717, 1.165) is 5.56 Å². The standard InChI is InChI=1S/C17H27N3O4S.ClH/c1-14(2)24-11-12-25(22,23)20-9-7-19(8-10-20)17(21)16-5-3-15(13-18)4-6-16;/h3-6,14H,7-13,18H2,1-2H3;1H. The highest BCUT2D eigenvalue weighted by atomic mass is 35.5. The van der Waals surface area contributed by atoms with Crippen molar-refractivity contribution in [3.05, 3.63) is 35.4 Å². The number of benzene rings is 1. The quantitative estimate of drug-likeness (QED) is 0.732. The molecule has 0 radical (unpaired) electrons. The summed E-state index contributed by atoms with van der Waals surface area (Å²) < 4.78 is 31.4. The van der Waals surface area contributed by atoms with Crippen molar-refractivity contribution < 1.29 is 17.9 Å². The molecule has 0 saturated carbocycles. The lowest BCUT2D eigenvalue weighted by Crippen LogP contribution is -2.51. The number of carbonyl (C=O) groups is 1. The van der Waals surface area contributed by atoms with E-state index in [0.29, 0.717) is 38.3 Å². The number of nitrogens with two attached hydrogens (primary N) is 1. The number of rotatable bonds is 7. The molecule has 1 heterocycles. The van der Waals surface area contributed by atoms with E-state index in [-0.39, 0.29) is 36.8 Å². The third-order valence-electron chi connectivity index (χ3n) is 4.15. The van der Waals surface area contributed by atoms with E-state index in [1.54, 1.807) is 17.0 Å². The number of hydrogen-bond donors (Lipinski definition) is 1. The Bertz CT molecular complexity index is 672. The third kappa shape index (κ3) is 6.21. The Labute approximate surface area is 161 Å². The Hall–Kier alpha value is -1.19. The molecule has 1 aliphatic heterocycles. The van der Waals surface area contributed by atoms with Gasteiger partial charge in [-0.1, -0.05) is 12.1 Å². The average molecular weight is 406 g/mol. The van der Waals surface area contributed by atoms with Gasteiger partial charge in [-0.15, -0.1) is 12.4 Å². The van der Waals surface area contributed by atoms with Gasteiger partial charge in [0.1, 0.15) is 0 Å². The number of piperazine rings is 1. The highest BCUT2D eigenvalue weighted by Gasteiger charge is 2.29. The fraction of sp³-hybridized carbons (Fsp3) is 0.588. The van der Waals surface area contributed by atoms with Crippen LogP contribution in [-0.2, 0) is 21.3 Å². The molecule has 1 aromatic rings. The first-order chi connectivity index (χ1) is 11.8. The zero-order valence-electron chi connectivity index (χ0n) is 15.3. The minimum absolute atomic E-state index is 0. The molecule has 0 aromatic heterocycles. The van der Waals surface area contributed by atoms with Crippen LogP contribution in [0.1, 0.15) is 29.8 Å². The Morgan fingerprint density at radius 1 is 1.15 bits per heavy atom. The van der Waals surface area contributed by atoms with Crippen LogP contribution in [0.15, 0.2) is 24.3 Å². The Balaban J connectivity index is 0.00000338. The van der Waals surface area contributed by atoms with Gasteiger partial charge in [-0.05, 0) is 31.5 Å². The number of ether oxygens (including phenoxy) is 1. The molecule has 26 heavy (non-hydrogen) atoms. The van der Waals surface area contributed by atoms with Gasteiger partial charge in [-0.3, -0.25) is 4.79 Å². The van der Waals surface area contributed by atoms with Crippen LogP contribution in [0.5, 0.6) is 0 Å². The van der Waals surface area contributed by atoms with Gasteiger partial charge in [0.15, 0.2) is 0 Å². The van der Waals surface area contributed by atoms with Crippen molar-refractivity contribution in [2.75, 3.05) is 38.5 Å². The van der Waals surface area contributed by atoms with Gasteiger partial charge in [0.2, 0.25) is 10.0 Å². The first-order valence-corrected chi connectivity index (χ1v) is 10.1. The largest absolute Gasteiger partial charge is 0.378 e. The fourth-order valence-electron chi connectivity index (χ4n) is 2.65. The number of sulfonamides is 1. The van der Waals surface area contributed by atoms with Gasteiger partial charge >= 0.3 is 0 Å². The van der Waals surface area contributed by atoms with Gasteiger partial charge in [0.05, 0.1) is 18.5 Å². The number of nitrogens with zero attached hydrogens (tertiary/aromatic N) is 2. The molecule has 1 aromatic carbocycles. The summed E-state index contributed by atoms with van der Waals surface area (Å²) in [7, 11) is -3.35. The van der Waals surface area contributed by atoms with Crippen molar-refractivity contribution in [1.82, 2.24) is 9.21 Å². The van der Waals surface area contributed by atoms with E-state index in [1.165, 1.54) is 4.31 Å². The smallest absolute Gasteiger partial charge is 0.253 e. The van der Waals surface area contributed by atoms with Crippen LogP contribution >= 0.6 is 12.4 Å². The molecule has 0 atom stereocenters. The topological polar surface area (TPSA) is 92.9 Å². The van der Waals surface area contributed by atoms with Crippen LogP contribution in [0.2, 0.25) is 0 Å². The second-order valence-electron chi connectivity index (χ2n) is 6.33. The minimum atomic E-state index is -3.35. The van der Waals surface area contributed by atoms with Gasteiger partial charge in [0.25, 0.3) is 5.91 Å². The molecule has 1 fully saturated rings. The summed E-state index contributed by atoms with van der Waals surface area (Å²) in [6.07, 6.45) is 0.00956. The Morgan fingerprint density at radius 3 is 2.23 bits per heavy atom. The van der Waals surface area contributed by atoms with Gasteiger partial charge in [0, 0.05) is 38.3 Å². The summed E-state index contributed by atoms with van der Waals surface area (Å²) in [6, 6.07) is 7.19. The first kappa shape index (κ1) is 22.9. The molecule has 1 aliphatic rings. The van der Waals surface area contributed by atoms with E-state index in [2.05, 4.69) is 0 Å². The van der Waals surface area contributed by atoms with Crippen LogP contribution in [0.3, 0.4) is 0 Å². The predicted octanol–water partition coefficient (Wildman–Crippen LogP) is 1.08. The molecule has 9 heteroatoms. The van der Waals surface area contributed by atoms with E-state index < -0.39 is 10.0 Å². The van der Waals surface area contributed by atoms with Gasteiger partial charge < -0.3 is 15.4 Å². The van der Waals surface area contributed by atoms with Crippen molar-refractivity contribution in [3.63, 3.8) is 0 Å². The van der Waals surface area contributed by atoms with E-state index in [9.17, 15) is 13.2 Å². The lowest BCUT2D eigenvalue weighted by atomic mass is 10.1. The molecule has 148 valence electrons. The first-order valence-electron chi connectivity index (χ1n) is 8.51. The summed E-state index contributed by atoms with van der Waals surface area (Å²) in [5, 5.41) is 0.